The first-order chi connectivity index (χ1) is 11.5. The van der Waals surface area contributed by atoms with Crippen LogP contribution < -0.4 is 20.7 Å². The van der Waals surface area contributed by atoms with E-state index in [1.807, 2.05) is 38.1 Å². The van der Waals surface area contributed by atoms with Crippen molar-refractivity contribution in [3.8, 4) is 5.75 Å². The van der Waals surface area contributed by atoms with E-state index >= 15 is 0 Å². The average molecular weight is 337 g/mol. The molecule has 1 aromatic carbocycles. The average Bonchev–Trinajstić information content (AvgIpc) is 2.91. The van der Waals surface area contributed by atoms with Crippen molar-refractivity contribution in [3.05, 3.63) is 29.8 Å². The number of ether oxygens (including phenoxy) is 2. The van der Waals surface area contributed by atoms with Crippen molar-refractivity contribution in [1.29, 1.82) is 0 Å². The topological polar surface area (TPSA) is 91.8 Å². The van der Waals surface area contributed by atoms with Gasteiger partial charge in [0.15, 0.2) is 0 Å². The van der Waals surface area contributed by atoms with Gasteiger partial charge in [0.2, 0.25) is 0 Å². The van der Waals surface area contributed by atoms with E-state index in [9.17, 15) is 9.90 Å². The lowest BCUT2D eigenvalue weighted by atomic mass is 10.1. The lowest BCUT2D eigenvalue weighted by Crippen LogP contribution is -2.47. The first kappa shape index (κ1) is 18.5. The van der Waals surface area contributed by atoms with Gasteiger partial charge < -0.3 is 30.5 Å². The number of rotatable bonds is 7. The molecule has 1 saturated heterocycles. The van der Waals surface area contributed by atoms with Crippen LogP contribution in [0, 0.1) is 0 Å². The summed E-state index contributed by atoms with van der Waals surface area (Å²) in [5, 5.41) is 19.1. The standard InChI is InChI=1S/C17H27N3O4/c1-11(2)20-17(22)19-9-15-16(21)14(10-24-15)18-8-12-4-6-13(23-3)7-5-12/h4-7,11,14-16,18,21H,8-10H2,1-3H3,(H2,19,20,22)/t14-,15-,16+/m1/s1. The van der Waals surface area contributed by atoms with E-state index in [0.717, 1.165) is 11.3 Å². The summed E-state index contributed by atoms with van der Waals surface area (Å²) in [5.41, 5.74) is 1.10. The maximum Gasteiger partial charge on any atom is 0.315 e. The minimum absolute atomic E-state index is 0.0679. The van der Waals surface area contributed by atoms with Crippen molar-refractivity contribution in [2.45, 2.75) is 44.7 Å². The van der Waals surface area contributed by atoms with Gasteiger partial charge in [-0.05, 0) is 31.5 Å². The number of aliphatic hydroxyl groups is 1. The van der Waals surface area contributed by atoms with Gasteiger partial charge in [-0.1, -0.05) is 12.1 Å². The molecule has 2 amide bonds. The fourth-order valence-corrected chi connectivity index (χ4v) is 2.54. The van der Waals surface area contributed by atoms with Crippen LogP contribution in [0.2, 0.25) is 0 Å². The third kappa shape index (κ3) is 5.36. The SMILES string of the molecule is COc1ccc(CN[C@@H]2CO[C@H](CNC(=O)NC(C)C)[C@H]2O)cc1. The molecule has 134 valence electrons. The highest BCUT2D eigenvalue weighted by atomic mass is 16.5. The molecule has 2 rings (SSSR count). The van der Waals surface area contributed by atoms with Gasteiger partial charge in [-0.2, -0.15) is 0 Å². The number of benzene rings is 1. The van der Waals surface area contributed by atoms with Gasteiger partial charge >= 0.3 is 6.03 Å². The van der Waals surface area contributed by atoms with Crippen LogP contribution >= 0.6 is 0 Å². The number of amides is 2. The Hall–Kier alpha value is -1.83. The molecule has 1 fully saturated rings. The summed E-state index contributed by atoms with van der Waals surface area (Å²) in [6.45, 7) is 5.10. The quantitative estimate of drug-likeness (QED) is 0.585. The predicted octanol–water partition coefficient (Wildman–Crippen LogP) is 0.621. The van der Waals surface area contributed by atoms with Gasteiger partial charge in [-0.25, -0.2) is 4.79 Å². The van der Waals surface area contributed by atoms with Crippen LogP contribution in [0.3, 0.4) is 0 Å². The Bertz CT molecular complexity index is 521. The van der Waals surface area contributed by atoms with Crippen molar-refractivity contribution < 1.29 is 19.4 Å². The normalized spacial score (nSPS) is 23.3. The van der Waals surface area contributed by atoms with Gasteiger partial charge in [-0.3, -0.25) is 0 Å². The van der Waals surface area contributed by atoms with E-state index in [1.54, 1.807) is 7.11 Å². The second kappa shape index (κ2) is 8.86. The molecule has 0 spiro atoms. The summed E-state index contributed by atoms with van der Waals surface area (Å²) < 4.78 is 10.7. The maximum absolute atomic E-state index is 11.6. The number of hydrogen-bond donors (Lipinski definition) is 4. The minimum Gasteiger partial charge on any atom is -0.497 e. The first-order valence-electron chi connectivity index (χ1n) is 8.20. The predicted molar refractivity (Wildman–Crippen MR) is 91.0 cm³/mol. The summed E-state index contributed by atoms with van der Waals surface area (Å²) >= 11 is 0. The van der Waals surface area contributed by atoms with Crippen molar-refractivity contribution >= 4 is 6.03 Å². The van der Waals surface area contributed by atoms with Crippen molar-refractivity contribution in [3.63, 3.8) is 0 Å². The molecule has 3 atom stereocenters. The molecule has 7 nitrogen and oxygen atoms in total. The molecule has 0 saturated carbocycles. The highest BCUT2D eigenvalue weighted by molar-refractivity contribution is 5.74. The number of hydrogen-bond acceptors (Lipinski definition) is 5. The Balaban J connectivity index is 1.74. The van der Waals surface area contributed by atoms with Crippen LogP contribution in [-0.2, 0) is 11.3 Å². The van der Waals surface area contributed by atoms with Crippen molar-refractivity contribution in [2.24, 2.45) is 0 Å². The molecule has 1 aliphatic heterocycles. The van der Waals surface area contributed by atoms with E-state index < -0.39 is 12.2 Å². The molecule has 0 aromatic heterocycles. The molecule has 7 heteroatoms. The lowest BCUT2D eigenvalue weighted by molar-refractivity contribution is 0.0425. The molecule has 4 N–H and O–H groups in total. The smallest absolute Gasteiger partial charge is 0.315 e. The fraction of sp³-hybridized carbons (Fsp3) is 0.588. The van der Waals surface area contributed by atoms with E-state index in [4.69, 9.17) is 9.47 Å². The molecule has 0 radical (unpaired) electrons. The molecule has 1 heterocycles. The largest absolute Gasteiger partial charge is 0.497 e. The number of aliphatic hydroxyl groups excluding tert-OH is 1. The van der Waals surface area contributed by atoms with Gasteiger partial charge in [0, 0.05) is 19.1 Å². The number of methoxy groups -OCH3 is 1. The summed E-state index contributed by atoms with van der Waals surface area (Å²) in [6, 6.07) is 7.41. The number of nitrogens with one attached hydrogen (secondary N) is 3. The van der Waals surface area contributed by atoms with Gasteiger partial charge in [-0.15, -0.1) is 0 Å². The summed E-state index contributed by atoms with van der Waals surface area (Å²) in [6.07, 6.45) is -1.07. The summed E-state index contributed by atoms with van der Waals surface area (Å²) in [4.78, 5) is 11.6. The Morgan fingerprint density at radius 3 is 2.71 bits per heavy atom. The zero-order valence-corrected chi connectivity index (χ0v) is 14.4. The van der Waals surface area contributed by atoms with E-state index in [1.165, 1.54) is 0 Å². The van der Waals surface area contributed by atoms with Gasteiger partial charge in [0.05, 0.1) is 25.9 Å². The van der Waals surface area contributed by atoms with Crippen LogP contribution in [0.5, 0.6) is 5.75 Å². The van der Waals surface area contributed by atoms with Crippen LogP contribution in [0.4, 0.5) is 4.79 Å². The first-order valence-corrected chi connectivity index (χ1v) is 8.20. The Labute approximate surface area is 142 Å². The number of carbonyl (C=O) groups is 1. The Morgan fingerprint density at radius 1 is 1.38 bits per heavy atom. The molecule has 0 unspecified atom stereocenters. The third-order valence-corrected chi connectivity index (χ3v) is 3.89. The van der Waals surface area contributed by atoms with Gasteiger partial charge in [0.25, 0.3) is 0 Å². The summed E-state index contributed by atoms with van der Waals surface area (Å²) in [5.74, 6) is 0.814. The number of urea groups is 1. The van der Waals surface area contributed by atoms with Crippen molar-refractivity contribution in [1.82, 2.24) is 16.0 Å². The van der Waals surface area contributed by atoms with Crippen molar-refractivity contribution in [2.75, 3.05) is 20.3 Å². The number of carbonyl (C=O) groups excluding carboxylic acids is 1. The van der Waals surface area contributed by atoms with Crippen LogP contribution in [0.15, 0.2) is 24.3 Å². The van der Waals surface area contributed by atoms with E-state index in [2.05, 4.69) is 16.0 Å². The Morgan fingerprint density at radius 2 is 2.08 bits per heavy atom. The second-order valence-electron chi connectivity index (χ2n) is 6.21. The minimum atomic E-state index is -0.664. The molecular weight excluding hydrogens is 310 g/mol. The van der Waals surface area contributed by atoms with Gasteiger partial charge in [0.1, 0.15) is 11.9 Å². The monoisotopic (exact) mass is 337 g/mol. The Kier molecular flexibility index (Phi) is 6.84. The molecule has 1 aliphatic rings. The molecular formula is C17H27N3O4. The van der Waals surface area contributed by atoms with E-state index in [0.29, 0.717) is 13.2 Å². The van der Waals surface area contributed by atoms with Crippen LogP contribution in [0.25, 0.3) is 0 Å². The third-order valence-electron chi connectivity index (χ3n) is 3.89. The molecule has 24 heavy (non-hydrogen) atoms. The lowest BCUT2D eigenvalue weighted by Gasteiger charge is -2.19. The highest BCUT2D eigenvalue weighted by Gasteiger charge is 2.35. The second-order valence-corrected chi connectivity index (χ2v) is 6.21. The zero-order chi connectivity index (χ0) is 17.5. The molecule has 0 aliphatic carbocycles. The molecule has 0 bridgehead atoms. The summed E-state index contributed by atoms with van der Waals surface area (Å²) in [7, 11) is 1.63. The molecule has 1 aromatic rings. The van der Waals surface area contributed by atoms with E-state index in [-0.39, 0.29) is 24.7 Å². The highest BCUT2D eigenvalue weighted by Crippen LogP contribution is 2.16. The zero-order valence-electron chi connectivity index (χ0n) is 14.4. The van der Waals surface area contributed by atoms with Crippen LogP contribution in [-0.4, -0.2) is 55.7 Å². The van der Waals surface area contributed by atoms with Crippen LogP contribution in [0.1, 0.15) is 19.4 Å². The maximum atomic E-state index is 11.6. The fourth-order valence-electron chi connectivity index (χ4n) is 2.54.